The molecule has 6 nitrogen and oxygen atoms in total. The highest BCUT2D eigenvalue weighted by molar-refractivity contribution is 5.78. The second-order valence-electron chi connectivity index (χ2n) is 5.72. The second-order valence-corrected chi connectivity index (χ2v) is 5.72. The van der Waals surface area contributed by atoms with Crippen molar-refractivity contribution in [2.24, 2.45) is 0 Å². The molecular weight excluding hydrogens is 280 g/mol. The number of carbonyl (C=O) groups is 1. The third kappa shape index (κ3) is 4.14. The van der Waals surface area contributed by atoms with Gasteiger partial charge in [-0.25, -0.2) is 4.98 Å². The molecule has 0 saturated carbocycles. The van der Waals surface area contributed by atoms with Crippen LogP contribution in [0.3, 0.4) is 0 Å². The van der Waals surface area contributed by atoms with Gasteiger partial charge in [0.05, 0.1) is 23.8 Å². The molecule has 2 N–H and O–H groups in total. The molecular formula is C16H22N4O2. The van der Waals surface area contributed by atoms with E-state index in [-0.39, 0.29) is 30.1 Å². The lowest BCUT2D eigenvalue weighted by Crippen LogP contribution is -2.42. The van der Waals surface area contributed by atoms with E-state index in [9.17, 15) is 9.59 Å². The Labute approximate surface area is 129 Å². The molecule has 0 aliphatic rings. The van der Waals surface area contributed by atoms with Gasteiger partial charge in [0.25, 0.3) is 5.56 Å². The molecule has 0 spiro atoms. The molecule has 22 heavy (non-hydrogen) atoms. The predicted molar refractivity (Wildman–Crippen MR) is 86.7 cm³/mol. The summed E-state index contributed by atoms with van der Waals surface area (Å²) in [7, 11) is 0. The zero-order valence-corrected chi connectivity index (χ0v) is 13.2. The summed E-state index contributed by atoms with van der Waals surface area (Å²) in [4.78, 5) is 28.2. The highest BCUT2D eigenvalue weighted by Crippen LogP contribution is 2.04. The zero-order chi connectivity index (χ0) is 16.1. The fourth-order valence-corrected chi connectivity index (χ4v) is 2.24. The van der Waals surface area contributed by atoms with Crippen molar-refractivity contribution in [1.29, 1.82) is 0 Å². The summed E-state index contributed by atoms with van der Waals surface area (Å²) in [5.74, 6) is -0.0502. The van der Waals surface area contributed by atoms with Crippen molar-refractivity contribution in [3.05, 3.63) is 40.9 Å². The number of aromatic nitrogens is 2. The van der Waals surface area contributed by atoms with Crippen molar-refractivity contribution < 1.29 is 4.79 Å². The number of benzene rings is 1. The lowest BCUT2D eigenvalue weighted by molar-refractivity contribution is -0.120. The van der Waals surface area contributed by atoms with Crippen molar-refractivity contribution in [1.82, 2.24) is 20.2 Å². The van der Waals surface area contributed by atoms with Crippen LogP contribution in [-0.4, -0.2) is 34.1 Å². The molecule has 118 valence electrons. The van der Waals surface area contributed by atoms with Crippen molar-refractivity contribution in [3.63, 3.8) is 0 Å². The Balaban J connectivity index is 2.00. The molecule has 0 bridgehead atoms. The smallest absolute Gasteiger partial charge is 0.261 e. The Morgan fingerprint density at radius 2 is 2.00 bits per heavy atom. The van der Waals surface area contributed by atoms with E-state index in [0.717, 1.165) is 0 Å². The average molecular weight is 302 g/mol. The topological polar surface area (TPSA) is 76.0 Å². The van der Waals surface area contributed by atoms with Gasteiger partial charge in [-0.15, -0.1) is 0 Å². The van der Waals surface area contributed by atoms with Crippen molar-refractivity contribution in [2.75, 3.05) is 6.54 Å². The first-order chi connectivity index (χ1) is 10.5. The molecule has 0 radical (unpaired) electrons. The number of hydrogen-bond acceptors (Lipinski definition) is 4. The lowest BCUT2D eigenvalue weighted by Gasteiger charge is -2.16. The molecule has 1 heterocycles. The van der Waals surface area contributed by atoms with Gasteiger partial charge in [0.2, 0.25) is 5.91 Å². The third-order valence-corrected chi connectivity index (χ3v) is 3.26. The van der Waals surface area contributed by atoms with Crippen LogP contribution in [-0.2, 0) is 11.3 Å². The van der Waals surface area contributed by atoms with E-state index in [0.29, 0.717) is 17.4 Å². The maximum atomic E-state index is 12.4. The fraction of sp³-hybridized carbons (Fsp3) is 0.438. The van der Waals surface area contributed by atoms with Gasteiger partial charge in [-0.3, -0.25) is 14.2 Å². The Morgan fingerprint density at radius 3 is 2.73 bits per heavy atom. The first kappa shape index (κ1) is 16.2. The van der Waals surface area contributed by atoms with Crippen LogP contribution in [0.15, 0.2) is 35.4 Å². The van der Waals surface area contributed by atoms with E-state index in [1.165, 1.54) is 0 Å². The number of hydrogen-bond donors (Lipinski definition) is 2. The van der Waals surface area contributed by atoms with Gasteiger partial charge in [-0.2, -0.15) is 0 Å². The number of rotatable bonds is 6. The van der Waals surface area contributed by atoms with Gasteiger partial charge in [0, 0.05) is 18.6 Å². The molecule has 1 aromatic heterocycles. The van der Waals surface area contributed by atoms with Crippen molar-refractivity contribution >= 4 is 16.8 Å². The SMILES string of the molecule is CC(C)NC(=O)CN[C@H](C)Cn1cnc2ccccc2c1=O. The van der Waals surface area contributed by atoms with E-state index in [2.05, 4.69) is 15.6 Å². The Kier molecular flexibility index (Phi) is 5.27. The van der Waals surface area contributed by atoms with Gasteiger partial charge in [0.1, 0.15) is 0 Å². The summed E-state index contributed by atoms with van der Waals surface area (Å²) in [6.45, 7) is 6.47. The second kappa shape index (κ2) is 7.17. The maximum absolute atomic E-state index is 12.4. The first-order valence-corrected chi connectivity index (χ1v) is 7.44. The third-order valence-electron chi connectivity index (χ3n) is 3.26. The molecule has 0 fully saturated rings. The van der Waals surface area contributed by atoms with Crippen LogP contribution in [0.1, 0.15) is 20.8 Å². The number of nitrogens with one attached hydrogen (secondary N) is 2. The van der Waals surface area contributed by atoms with Crippen LogP contribution >= 0.6 is 0 Å². The Morgan fingerprint density at radius 1 is 1.27 bits per heavy atom. The number of nitrogens with zero attached hydrogens (tertiary/aromatic N) is 2. The van der Waals surface area contributed by atoms with Crippen molar-refractivity contribution in [3.8, 4) is 0 Å². The molecule has 1 aromatic carbocycles. The van der Waals surface area contributed by atoms with E-state index in [1.54, 1.807) is 17.0 Å². The van der Waals surface area contributed by atoms with Gasteiger partial charge in [-0.05, 0) is 32.9 Å². The van der Waals surface area contributed by atoms with Crippen LogP contribution in [0.2, 0.25) is 0 Å². The van der Waals surface area contributed by atoms with Gasteiger partial charge >= 0.3 is 0 Å². The summed E-state index contributed by atoms with van der Waals surface area (Å²) < 4.78 is 1.57. The highest BCUT2D eigenvalue weighted by Gasteiger charge is 2.09. The van der Waals surface area contributed by atoms with Gasteiger partial charge < -0.3 is 10.6 Å². The summed E-state index contributed by atoms with van der Waals surface area (Å²) in [5.41, 5.74) is 0.631. The summed E-state index contributed by atoms with van der Waals surface area (Å²) in [5, 5.41) is 6.53. The van der Waals surface area contributed by atoms with E-state index < -0.39 is 0 Å². The largest absolute Gasteiger partial charge is 0.353 e. The lowest BCUT2D eigenvalue weighted by atomic mass is 10.2. The minimum Gasteiger partial charge on any atom is -0.353 e. The van der Waals surface area contributed by atoms with Crippen LogP contribution in [0, 0.1) is 0 Å². The monoisotopic (exact) mass is 302 g/mol. The van der Waals surface area contributed by atoms with Crippen molar-refractivity contribution in [2.45, 2.75) is 39.4 Å². The fourth-order valence-electron chi connectivity index (χ4n) is 2.24. The van der Waals surface area contributed by atoms with Crippen LogP contribution < -0.4 is 16.2 Å². The normalized spacial score (nSPS) is 12.5. The zero-order valence-electron chi connectivity index (χ0n) is 13.2. The summed E-state index contributed by atoms with van der Waals surface area (Å²) >= 11 is 0. The Bertz CT molecular complexity index is 709. The minimum absolute atomic E-state index is 0.0152. The first-order valence-electron chi connectivity index (χ1n) is 7.44. The van der Waals surface area contributed by atoms with Crippen LogP contribution in [0.5, 0.6) is 0 Å². The summed E-state index contributed by atoms with van der Waals surface area (Å²) in [6.07, 6.45) is 1.55. The minimum atomic E-state index is -0.0640. The number of amides is 1. The maximum Gasteiger partial charge on any atom is 0.261 e. The molecule has 6 heteroatoms. The number of fused-ring (bicyclic) bond motifs is 1. The molecule has 1 amide bonds. The predicted octanol–water partition coefficient (Wildman–Crippen LogP) is 0.899. The highest BCUT2D eigenvalue weighted by atomic mass is 16.2. The quantitative estimate of drug-likeness (QED) is 0.831. The molecule has 2 aromatic rings. The average Bonchev–Trinajstić information content (AvgIpc) is 2.48. The molecule has 0 unspecified atom stereocenters. The number of carbonyl (C=O) groups excluding carboxylic acids is 1. The molecule has 0 aliphatic heterocycles. The van der Waals surface area contributed by atoms with Gasteiger partial charge in [0.15, 0.2) is 0 Å². The van der Waals surface area contributed by atoms with E-state index in [1.807, 2.05) is 39.0 Å². The molecule has 2 rings (SSSR count). The summed E-state index contributed by atoms with van der Waals surface area (Å²) in [6, 6.07) is 7.38. The van der Waals surface area contributed by atoms with Crippen LogP contribution in [0.25, 0.3) is 10.9 Å². The molecule has 0 aliphatic carbocycles. The Hall–Kier alpha value is -2.21. The van der Waals surface area contributed by atoms with Crippen LogP contribution in [0.4, 0.5) is 0 Å². The molecule has 0 saturated heterocycles. The number of para-hydroxylation sites is 1. The van der Waals surface area contributed by atoms with E-state index in [4.69, 9.17) is 0 Å². The van der Waals surface area contributed by atoms with E-state index >= 15 is 0 Å². The van der Waals surface area contributed by atoms with Gasteiger partial charge in [-0.1, -0.05) is 12.1 Å². The molecule has 1 atom stereocenters. The standard InChI is InChI=1S/C16H22N4O2/c1-11(2)19-15(21)8-17-12(3)9-20-10-18-14-7-5-4-6-13(14)16(20)22/h4-7,10-12,17H,8-9H2,1-3H3,(H,19,21)/t12-/m1/s1.